The molecule has 100 valence electrons. The number of methoxy groups -OCH3 is 2. The molecule has 1 rings (SSSR count). The first-order valence-corrected chi connectivity index (χ1v) is 5.60. The van der Waals surface area contributed by atoms with Crippen LogP contribution in [0.25, 0.3) is 0 Å². The minimum atomic E-state index is -1.55. The lowest BCUT2D eigenvalue weighted by atomic mass is 10.1. The molecule has 0 aromatic heterocycles. The Kier molecular flexibility index (Phi) is 4.55. The second-order valence-corrected chi connectivity index (χ2v) is 4.30. The SMILES string of the molecule is COC(=O)C(C)(O)CNc1ccc(OC)c(C)c1. The number of ether oxygens (including phenoxy) is 2. The monoisotopic (exact) mass is 253 g/mol. The van der Waals surface area contributed by atoms with E-state index in [-0.39, 0.29) is 6.54 Å². The molecule has 1 unspecified atom stereocenters. The number of nitrogens with one attached hydrogen (secondary N) is 1. The van der Waals surface area contributed by atoms with E-state index in [1.807, 2.05) is 25.1 Å². The Morgan fingerprint density at radius 3 is 2.61 bits per heavy atom. The highest BCUT2D eigenvalue weighted by atomic mass is 16.5. The molecule has 1 aromatic rings. The van der Waals surface area contributed by atoms with E-state index in [0.717, 1.165) is 17.0 Å². The van der Waals surface area contributed by atoms with Crippen molar-refractivity contribution in [2.24, 2.45) is 0 Å². The third-order valence-electron chi connectivity index (χ3n) is 2.66. The molecule has 0 bridgehead atoms. The average molecular weight is 253 g/mol. The van der Waals surface area contributed by atoms with Crippen LogP contribution < -0.4 is 10.1 Å². The molecule has 5 heteroatoms. The predicted octanol–water partition coefficient (Wildman–Crippen LogP) is 1.34. The molecular formula is C13H19NO4. The maximum atomic E-state index is 11.3. The van der Waals surface area contributed by atoms with Gasteiger partial charge in [-0.3, -0.25) is 0 Å². The lowest BCUT2D eigenvalue weighted by Gasteiger charge is -2.21. The number of carbonyl (C=O) groups excluding carboxylic acids is 1. The van der Waals surface area contributed by atoms with E-state index in [1.165, 1.54) is 14.0 Å². The van der Waals surface area contributed by atoms with Gasteiger partial charge in [-0.05, 0) is 37.6 Å². The molecule has 1 aromatic carbocycles. The number of aryl methyl sites for hydroxylation is 1. The van der Waals surface area contributed by atoms with Gasteiger partial charge in [0.05, 0.1) is 20.8 Å². The molecule has 0 heterocycles. The summed E-state index contributed by atoms with van der Waals surface area (Å²) in [5, 5.41) is 12.8. The zero-order chi connectivity index (χ0) is 13.8. The summed E-state index contributed by atoms with van der Waals surface area (Å²) in [6.07, 6.45) is 0. The summed E-state index contributed by atoms with van der Waals surface area (Å²) in [6.45, 7) is 3.40. The molecule has 0 saturated carbocycles. The summed E-state index contributed by atoms with van der Waals surface area (Å²) in [6, 6.07) is 5.52. The molecular weight excluding hydrogens is 234 g/mol. The number of benzene rings is 1. The minimum absolute atomic E-state index is 0.0748. The maximum Gasteiger partial charge on any atom is 0.339 e. The number of esters is 1. The third kappa shape index (κ3) is 3.37. The zero-order valence-electron chi connectivity index (χ0n) is 11.1. The van der Waals surface area contributed by atoms with Crippen molar-refractivity contribution >= 4 is 11.7 Å². The molecule has 0 aliphatic carbocycles. The van der Waals surface area contributed by atoms with Gasteiger partial charge >= 0.3 is 5.97 Å². The van der Waals surface area contributed by atoms with Crippen molar-refractivity contribution in [1.29, 1.82) is 0 Å². The smallest absolute Gasteiger partial charge is 0.339 e. The Bertz CT molecular complexity index is 429. The molecule has 0 amide bonds. The number of carbonyl (C=O) groups is 1. The number of hydrogen-bond donors (Lipinski definition) is 2. The summed E-state index contributed by atoms with van der Waals surface area (Å²) in [7, 11) is 2.85. The van der Waals surface area contributed by atoms with Crippen LogP contribution in [0.1, 0.15) is 12.5 Å². The Morgan fingerprint density at radius 2 is 2.11 bits per heavy atom. The van der Waals surface area contributed by atoms with Gasteiger partial charge in [-0.2, -0.15) is 0 Å². The van der Waals surface area contributed by atoms with E-state index in [4.69, 9.17) is 4.74 Å². The number of rotatable bonds is 5. The van der Waals surface area contributed by atoms with Crippen molar-refractivity contribution in [2.75, 3.05) is 26.1 Å². The predicted molar refractivity (Wildman–Crippen MR) is 68.9 cm³/mol. The van der Waals surface area contributed by atoms with Gasteiger partial charge in [-0.1, -0.05) is 0 Å². The fourth-order valence-electron chi connectivity index (χ4n) is 1.55. The van der Waals surface area contributed by atoms with E-state index in [2.05, 4.69) is 10.1 Å². The first kappa shape index (κ1) is 14.3. The molecule has 18 heavy (non-hydrogen) atoms. The van der Waals surface area contributed by atoms with Crippen LogP contribution in [0.5, 0.6) is 5.75 Å². The molecule has 0 fully saturated rings. The minimum Gasteiger partial charge on any atom is -0.496 e. The van der Waals surface area contributed by atoms with Crippen LogP contribution in [0.15, 0.2) is 18.2 Å². The lowest BCUT2D eigenvalue weighted by Crippen LogP contribution is -2.42. The average Bonchev–Trinajstić information content (AvgIpc) is 2.35. The molecule has 0 spiro atoms. The highest BCUT2D eigenvalue weighted by molar-refractivity contribution is 5.79. The van der Waals surface area contributed by atoms with Crippen LogP contribution in [-0.2, 0) is 9.53 Å². The van der Waals surface area contributed by atoms with E-state index in [9.17, 15) is 9.90 Å². The van der Waals surface area contributed by atoms with Crippen LogP contribution in [-0.4, -0.2) is 37.4 Å². The Labute approximate surface area is 107 Å². The Hall–Kier alpha value is -1.75. The summed E-state index contributed by atoms with van der Waals surface area (Å²) in [4.78, 5) is 11.3. The fraction of sp³-hybridized carbons (Fsp3) is 0.462. The number of anilines is 1. The quantitative estimate of drug-likeness (QED) is 0.775. The first-order valence-electron chi connectivity index (χ1n) is 5.60. The lowest BCUT2D eigenvalue weighted by molar-refractivity contribution is -0.158. The zero-order valence-corrected chi connectivity index (χ0v) is 11.1. The molecule has 0 radical (unpaired) electrons. The molecule has 1 atom stereocenters. The van der Waals surface area contributed by atoms with Crippen molar-refractivity contribution in [3.63, 3.8) is 0 Å². The van der Waals surface area contributed by atoms with E-state index >= 15 is 0 Å². The summed E-state index contributed by atoms with van der Waals surface area (Å²) in [5.41, 5.74) is 0.223. The molecule has 0 saturated heterocycles. The van der Waals surface area contributed by atoms with Crippen molar-refractivity contribution < 1.29 is 19.4 Å². The number of aliphatic hydroxyl groups is 1. The van der Waals surface area contributed by atoms with Gasteiger partial charge in [0.25, 0.3) is 0 Å². The van der Waals surface area contributed by atoms with Gasteiger partial charge in [-0.25, -0.2) is 4.79 Å². The maximum absolute atomic E-state index is 11.3. The molecule has 5 nitrogen and oxygen atoms in total. The fourth-order valence-corrected chi connectivity index (χ4v) is 1.55. The van der Waals surface area contributed by atoms with Gasteiger partial charge in [-0.15, -0.1) is 0 Å². The van der Waals surface area contributed by atoms with E-state index < -0.39 is 11.6 Å². The Balaban J connectivity index is 2.69. The van der Waals surface area contributed by atoms with Crippen molar-refractivity contribution in [1.82, 2.24) is 0 Å². The van der Waals surface area contributed by atoms with Crippen LogP contribution in [0.3, 0.4) is 0 Å². The van der Waals surface area contributed by atoms with Crippen molar-refractivity contribution in [3.8, 4) is 5.75 Å². The molecule has 2 N–H and O–H groups in total. The van der Waals surface area contributed by atoms with Crippen LogP contribution in [0.4, 0.5) is 5.69 Å². The van der Waals surface area contributed by atoms with Crippen LogP contribution >= 0.6 is 0 Å². The van der Waals surface area contributed by atoms with Gasteiger partial charge < -0.3 is 19.9 Å². The van der Waals surface area contributed by atoms with Gasteiger partial charge in [0.2, 0.25) is 0 Å². The Morgan fingerprint density at radius 1 is 1.44 bits per heavy atom. The highest BCUT2D eigenvalue weighted by Gasteiger charge is 2.31. The van der Waals surface area contributed by atoms with E-state index in [0.29, 0.717) is 0 Å². The standard InChI is InChI=1S/C13H19NO4/c1-9-7-10(5-6-11(9)17-3)14-8-13(2,16)12(15)18-4/h5-7,14,16H,8H2,1-4H3. The summed E-state index contributed by atoms with van der Waals surface area (Å²) in [5.74, 6) is 0.125. The largest absolute Gasteiger partial charge is 0.496 e. The summed E-state index contributed by atoms with van der Waals surface area (Å²) < 4.78 is 9.66. The third-order valence-corrected chi connectivity index (χ3v) is 2.66. The highest BCUT2D eigenvalue weighted by Crippen LogP contribution is 2.21. The van der Waals surface area contributed by atoms with Crippen LogP contribution in [0, 0.1) is 6.92 Å². The van der Waals surface area contributed by atoms with Gasteiger partial charge in [0.1, 0.15) is 5.75 Å². The number of hydrogen-bond acceptors (Lipinski definition) is 5. The van der Waals surface area contributed by atoms with Gasteiger partial charge in [0, 0.05) is 5.69 Å². The van der Waals surface area contributed by atoms with Gasteiger partial charge in [0.15, 0.2) is 5.60 Å². The summed E-state index contributed by atoms with van der Waals surface area (Å²) >= 11 is 0. The first-order chi connectivity index (χ1) is 8.40. The van der Waals surface area contributed by atoms with Crippen LogP contribution in [0.2, 0.25) is 0 Å². The van der Waals surface area contributed by atoms with E-state index in [1.54, 1.807) is 7.11 Å². The van der Waals surface area contributed by atoms with Crippen molar-refractivity contribution in [2.45, 2.75) is 19.4 Å². The second kappa shape index (κ2) is 5.73. The normalized spacial score (nSPS) is 13.6. The second-order valence-electron chi connectivity index (χ2n) is 4.30. The molecule has 0 aliphatic rings. The molecule has 0 aliphatic heterocycles. The topological polar surface area (TPSA) is 67.8 Å². The van der Waals surface area contributed by atoms with Crippen molar-refractivity contribution in [3.05, 3.63) is 23.8 Å².